The van der Waals surface area contributed by atoms with Gasteiger partial charge in [0.2, 0.25) is 5.91 Å². The van der Waals surface area contributed by atoms with Gasteiger partial charge in [-0.3, -0.25) is 14.4 Å². The third-order valence-corrected chi connectivity index (χ3v) is 4.59. The summed E-state index contributed by atoms with van der Waals surface area (Å²) in [6, 6.07) is 8.61. The van der Waals surface area contributed by atoms with Gasteiger partial charge in [0.05, 0.1) is 31.6 Å². The topological polar surface area (TPSA) is 110 Å². The van der Waals surface area contributed by atoms with Gasteiger partial charge in [0.1, 0.15) is 5.75 Å². The molecule has 0 saturated heterocycles. The highest BCUT2D eigenvalue weighted by atomic mass is 32.2. The Hall–Kier alpha value is -2.81. The van der Waals surface area contributed by atoms with Gasteiger partial charge in [-0.25, -0.2) is 4.98 Å². The van der Waals surface area contributed by atoms with Crippen LogP contribution in [0.25, 0.3) is 0 Å². The Morgan fingerprint density at radius 1 is 1.26 bits per heavy atom. The molecule has 0 saturated carbocycles. The van der Waals surface area contributed by atoms with Crippen LogP contribution in [0.15, 0.2) is 40.3 Å². The Labute approximate surface area is 160 Å². The minimum absolute atomic E-state index is 0.105. The van der Waals surface area contributed by atoms with Crippen LogP contribution in [-0.2, 0) is 27.3 Å². The number of thioether (sulfide) groups is 1. The van der Waals surface area contributed by atoms with E-state index in [1.807, 2.05) is 24.3 Å². The highest BCUT2D eigenvalue weighted by Gasteiger charge is 2.16. The zero-order valence-electron chi connectivity index (χ0n) is 15.3. The lowest BCUT2D eigenvalue weighted by Crippen LogP contribution is -2.30. The molecule has 2 rings (SSSR count). The van der Waals surface area contributed by atoms with Gasteiger partial charge >= 0.3 is 5.97 Å². The van der Waals surface area contributed by atoms with Crippen molar-refractivity contribution in [1.29, 1.82) is 0 Å². The summed E-state index contributed by atoms with van der Waals surface area (Å²) in [5.74, 6) is 0.0574. The first-order valence-electron chi connectivity index (χ1n) is 8.15. The fourth-order valence-electron chi connectivity index (χ4n) is 2.15. The monoisotopic (exact) mass is 391 g/mol. The molecule has 2 N–H and O–H groups in total. The number of aromatic amines is 1. The maximum absolute atomic E-state index is 12.3. The van der Waals surface area contributed by atoms with E-state index in [9.17, 15) is 14.4 Å². The summed E-state index contributed by atoms with van der Waals surface area (Å²) in [4.78, 5) is 42.1. The molecular formula is C18H21N3O5S. The van der Waals surface area contributed by atoms with Gasteiger partial charge in [-0.05, 0) is 24.6 Å². The molecule has 1 amide bonds. The smallest absolute Gasteiger partial charge is 0.311 e. The average Bonchev–Trinajstić information content (AvgIpc) is 2.65. The quantitative estimate of drug-likeness (QED) is 0.396. The number of carbonyl (C=O) groups is 2. The molecule has 0 bridgehead atoms. The number of H-pyrrole nitrogens is 1. The highest BCUT2D eigenvalue weighted by molar-refractivity contribution is 8.00. The van der Waals surface area contributed by atoms with Gasteiger partial charge in [-0.2, -0.15) is 0 Å². The van der Waals surface area contributed by atoms with Gasteiger partial charge in [0, 0.05) is 12.6 Å². The summed E-state index contributed by atoms with van der Waals surface area (Å²) in [7, 11) is 2.86. The Balaban J connectivity index is 1.94. The molecule has 9 heteroatoms. The molecular weight excluding hydrogens is 370 g/mol. The largest absolute Gasteiger partial charge is 0.497 e. The van der Waals surface area contributed by atoms with Crippen molar-refractivity contribution in [3.05, 3.63) is 51.9 Å². The number of rotatable bonds is 8. The van der Waals surface area contributed by atoms with Crippen molar-refractivity contribution in [1.82, 2.24) is 15.3 Å². The van der Waals surface area contributed by atoms with Crippen LogP contribution in [0.4, 0.5) is 0 Å². The number of aromatic nitrogens is 2. The third-order valence-electron chi connectivity index (χ3n) is 3.61. The summed E-state index contributed by atoms with van der Waals surface area (Å²) < 4.78 is 9.67. The van der Waals surface area contributed by atoms with Gasteiger partial charge in [-0.1, -0.05) is 23.9 Å². The Kier molecular flexibility index (Phi) is 7.42. The number of hydrogen-bond donors (Lipinski definition) is 2. The van der Waals surface area contributed by atoms with E-state index in [-0.39, 0.29) is 17.5 Å². The molecule has 0 unspecified atom stereocenters. The van der Waals surface area contributed by atoms with Crippen molar-refractivity contribution < 1.29 is 19.1 Å². The first-order chi connectivity index (χ1) is 12.9. The second kappa shape index (κ2) is 9.77. The van der Waals surface area contributed by atoms with E-state index in [4.69, 9.17) is 4.74 Å². The van der Waals surface area contributed by atoms with E-state index in [1.165, 1.54) is 13.2 Å². The van der Waals surface area contributed by atoms with Crippen LogP contribution in [0, 0.1) is 0 Å². The second-order valence-electron chi connectivity index (χ2n) is 5.62. The number of amides is 1. The number of nitrogens with one attached hydrogen (secondary N) is 2. The number of esters is 1. The standard InChI is InChI=1S/C18H21N3O5S/c1-11(17(24)19-10-12-4-6-14(25-2)7-5-12)27-18-20-13(8-15(22)21-18)9-16(23)26-3/h4-8,11H,9-10H2,1-3H3,(H,19,24)(H,20,21,22)/t11-/m1/s1. The van der Waals surface area contributed by atoms with Gasteiger partial charge in [0.15, 0.2) is 5.16 Å². The highest BCUT2D eigenvalue weighted by Crippen LogP contribution is 2.19. The summed E-state index contributed by atoms with van der Waals surface area (Å²) >= 11 is 1.11. The number of hydrogen-bond acceptors (Lipinski definition) is 7. The number of nitrogens with zero attached hydrogens (tertiary/aromatic N) is 1. The van der Waals surface area contributed by atoms with Crippen molar-refractivity contribution in [3.63, 3.8) is 0 Å². The summed E-state index contributed by atoms with van der Waals surface area (Å²) in [5, 5.41) is 2.62. The number of carbonyl (C=O) groups excluding carboxylic acids is 2. The number of ether oxygens (including phenoxy) is 2. The van der Waals surface area contributed by atoms with Gasteiger partial charge < -0.3 is 19.8 Å². The number of methoxy groups -OCH3 is 2. The molecule has 2 aromatic rings. The molecule has 0 aliphatic heterocycles. The molecule has 8 nitrogen and oxygen atoms in total. The summed E-state index contributed by atoms with van der Waals surface area (Å²) in [5.41, 5.74) is 0.837. The van der Waals surface area contributed by atoms with E-state index in [1.54, 1.807) is 14.0 Å². The van der Waals surface area contributed by atoms with Gasteiger partial charge in [0.25, 0.3) is 5.56 Å². The molecule has 0 fully saturated rings. The van der Waals surface area contributed by atoms with Crippen molar-refractivity contribution in [2.45, 2.75) is 30.3 Å². The molecule has 0 radical (unpaired) electrons. The predicted molar refractivity (Wildman–Crippen MR) is 101 cm³/mol. The minimum atomic E-state index is -0.491. The summed E-state index contributed by atoms with van der Waals surface area (Å²) in [6.45, 7) is 2.08. The third kappa shape index (κ3) is 6.45. The molecule has 144 valence electrons. The SMILES string of the molecule is COC(=O)Cc1cc(=O)[nH]c(S[C@H](C)C(=O)NCc2ccc(OC)cc2)n1. The Morgan fingerprint density at radius 2 is 1.96 bits per heavy atom. The van der Waals surface area contributed by atoms with Crippen molar-refractivity contribution in [2.24, 2.45) is 0 Å². The van der Waals surface area contributed by atoms with Gasteiger partial charge in [-0.15, -0.1) is 0 Å². The fourth-order valence-corrected chi connectivity index (χ4v) is 3.00. The van der Waals surface area contributed by atoms with E-state index in [0.717, 1.165) is 23.1 Å². The van der Waals surface area contributed by atoms with Crippen LogP contribution < -0.4 is 15.6 Å². The lowest BCUT2D eigenvalue weighted by atomic mass is 10.2. The van der Waals surface area contributed by atoms with Crippen molar-refractivity contribution in [2.75, 3.05) is 14.2 Å². The van der Waals surface area contributed by atoms with Crippen LogP contribution in [0.5, 0.6) is 5.75 Å². The molecule has 1 aromatic carbocycles. The van der Waals surface area contributed by atoms with Crippen LogP contribution in [0.3, 0.4) is 0 Å². The predicted octanol–water partition coefficient (Wildman–Crippen LogP) is 1.29. The van der Waals surface area contributed by atoms with Crippen molar-refractivity contribution in [3.8, 4) is 5.75 Å². The lowest BCUT2D eigenvalue weighted by molar-refractivity contribution is -0.139. The zero-order chi connectivity index (χ0) is 19.8. The van der Waals surface area contributed by atoms with E-state index < -0.39 is 16.8 Å². The molecule has 0 aliphatic rings. The Bertz CT molecular complexity index is 851. The molecule has 1 aromatic heterocycles. The van der Waals surface area contributed by atoms with Crippen LogP contribution >= 0.6 is 11.8 Å². The van der Waals surface area contributed by atoms with Crippen molar-refractivity contribution >= 4 is 23.6 Å². The van der Waals surface area contributed by atoms with E-state index >= 15 is 0 Å². The minimum Gasteiger partial charge on any atom is -0.497 e. The Morgan fingerprint density at radius 3 is 2.59 bits per heavy atom. The molecule has 1 atom stereocenters. The van der Waals surface area contributed by atoms with E-state index in [0.29, 0.717) is 12.2 Å². The normalized spacial score (nSPS) is 11.5. The number of benzene rings is 1. The first kappa shape index (κ1) is 20.5. The first-order valence-corrected chi connectivity index (χ1v) is 9.03. The molecule has 1 heterocycles. The lowest BCUT2D eigenvalue weighted by Gasteiger charge is -2.12. The summed E-state index contributed by atoms with van der Waals surface area (Å²) in [6.07, 6.45) is -0.105. The van der Waals surface area contributed by atoms with Crippen LogP contribution in [0.2, 0.25) is 0 Å². The fraction of sp³-hybridized carbons (Fsp3) is 0.333. The molecule has 0 aliphatic carbocycles. The molecule has 0 spiro atoms. The maximum atomic E-state index is 12.3. The maximum Gasteiger partial charge on any atom is 0.311 e. The van der Waals surface area contributed by atoms with E-state index in [2.05, 4.69) is 20.0 Å². The molecule has 27 heavy (non-hydrogen) atoms. The van der Waals surface area contributed by atoms with Crippen LogP contribution in [0.1, 0.15) is 18.2 Å². The van der Waals surface area contributed by atoms with Crippen LogP contribution in [-0.4, -0.2) is 41.3 Å². The second-order valence-corrected chi connectivity index (χ2v) is 6.95. The average molecular weight is 391 g/mol. The zero-order valence-corrected chi connectivity index (χ0v) is 16.1.